The standard InChI is InChI=1S/C29H37NO8/c1-19(31)30-24-26(33-16-15-23(32)38-29(2,3)4)25-22(18-35-27(37-25)21-13-9-6-10-14-21)36-28(24)34-17-20-11-7-5-8-12-20/h5-14,22,24-28H,15-18H2,1-4H3,(H,30,31)/t22-,24-,25+,26+,27-,28+/m0/s1. The van der Waals surface area contributed by atoms with E-state index in [1.165, 1.54) is 6.92 Å². The molecule has 0 bridgehead atoms. The number of fused-ring (bicyclic) bond motifs is 1. The Kier molecular flexibility index (Phi) is 9.51. The lowest BCUT2D eigenvalue weighted by Gasteiger charge is -2.49. The summed E-state index contributed by atoms with van der Waals surface area (Å²) in [6, 6.07) is 18.6. The summed E-state index contributed by atoms with van der Waals surface area (Å²) < 4.78 is 36.4. The van der Waals surface area contributed by atoms with Crippen LogP contribution in [0, 0.1) is 0 Å². The Morgan fingerprint density at radius 2 is 1.66 bits per heavy atom. The van der Waals surface area contributed by atoms with Crippen LogP contribution in [0.3, 0.4) is 0 Å². The maximum atomic E-state index is 12.3. The van der Waals surface area contributed by atoms with Gasteiger partial charge in [-0.25, -0.2) is 0 Å². The second-order valence-corrected chi connectivity index (χ2v) is 10.4. The summed E-state index contributed by atoms with van der Waals surface area (Å²) in [5, 5.41) is 2.93. The average molecular weight is 528 g/mol. The van der Waals surface area contributed by atoms with E-state index < -0.39 is 42.5 Å². The smallest absolute Gasteiger partial charge is 0.308 e. The number of esters is 1. The molecule has 6 atom stereocenters. The first-order valence-corrected chi connectivity index (χ1v) is 12.9. The van der Waals surface area contributed by atoms with Gasteiger partial charge in [0.25, 0.3) is 0 Å². The molecule has 0 spiro atoms. The van der Waals surface area contributed by atoms with Gasteiger partial charge in [-0.15, -0.1) is 0 Å². The molecule has 9 nitrogen and oxygen atoms in total. The zero-order valence-electron chi connectivity index (χ0n) is 22.3. The van der Waals surface area contributed by atoms with Crippen molar-refractivity contribution in [1.29, 1.82) is 0 Å². The van der Waals surface area contributed by atoms with Gasteiger partial charge in [0.05, 0.1) is 26.2 Å². The molecule has 0 saturated carbocycles. The van der Waals surface area contributed by atoms with Gasteiger partial charge in [-0.05, 0) is 26.3 Å². The molecular formula is C29H37NO8. The van der Waals surface area contributed by atoms with Crippen LogP contribution in [0.1, 0.15) is 51.5 Å². The molecule has 1 N–H and O–H groups in total. The lowest BCUT2D eigenvalue weighted by molar-refractivity contribution is -0.349. The lowest BCUT2D eigenvalue weighted by atomic mass is 9.95. The fraction of sp³-hybridized carbons (Fsp3) is 0.517. The second-order valence-electron chi connectivity index (χ2n) is 10.4. The predicted molar refractivity (Wildman–Crippen MR) is 138 cm³/mol. The summed E-state index contributed by atoms with van der Waals surface area (Å²) in [7, 11) is 0. The topological polar surface area (TPSA) is 102 Å². The number of nitrogens with one attached hydrogen (secondary N) is 1. The van der Waals surface area contributed by atoms with Crippen molar-refractivity contribution in [1.82, 2.24) is 5.32 Å². The molecule has 2 saturated heterocycles. The Balaban J connectivity index is 1.53. The van der Waals surface area contributed by atoms with E-state index in [4.69, 9.17) is 28.4 Å². The Bertz CT molecular complexity index is 1040. The molecule has 0 radical (unpaired) electrons. The van der Waals surface area contributed by atoms with Gasteiger partial charge in [0.2, 0.25) is 5.91 Å². The van der Waals surface area contributed by atoms with Crippen molar-refractivity contribution in [2.75, 3.05) is 13.2 Å². The Labute approximate surface area is 223 Å². The highest BCUT2D eigenvalue weighted by molar-refractivity contribution is 5.73. The predicted octanol–water partition coefficient (Wildman–Crippen LogP) is 3.66. The van der Waals surface area contributed by atoms with Crippen molar-refractivity contribution in [3.8, 4) is 0 Å². The van der Waals surface area contributed by atoms with Crippen molar-refractivity contribution >= 4 is 11.9 Å². The van der Waals surface area contributed by atoms with Crippen molar-refractivity contribution in [3.05, 3.63) is 71.8 Å². The molecule has 38 heavy (non-hydrogen) atoms. The van der Waals surface area contributed by atoms with Gasteiger partial charge < -0.3 is 33.7 Å². The number of carbonyl (C=O) groups excluding carboxylic acids is 2. The van der Waals surface area contributed by atoms with E-state index >= 15 is 0 Å². The Morgan fingerprint density at radius 3 is 2.32 bits per heavy atom. The van der Waals surface area contributed by atoms with E-state index in [0.29, 0.717) is 0 Å². The van der Waals surface area contributed by atoms with Crippen molar-refractivity contribution < 1.29 is 38.0 Å². The minimum atomic E-state index is -0.827. The highest BCUT2D eigenvalue weighted by atomic mass is 16.7. The summed E-state index contributed by atoms with van der Waals surface area (Å²) in [5.41, 5.74) is 1.22. The Morgan fingerprint density at radius 1 is 0.974 bits per heavy atom. The summed E-state index contributed by atoms with van der Waals surface area (Å²) in [4.78, 5) is 24.6. The van der Waals surface area contributed by atoms with Gasteiger partial charge in [0.1, 0.15) is 30.0 Å². The minimum Gasteiger partial charge on any atom is -0.460 e. The van der Waals surface area contributed by atoms with Crippen LogP contribution < -0.4 is 5.32 Å². The molecule has 0 aromatic heterocycles. The molecule has 2 aliphatic rings. The normalized spacial score (nSPS) is 27.3. The zero-order chi connectivity index (χ0) is 27.1. The molecule has 0 unspecified atom stereocenters. The van der Waals surface area contributed by atoms with E-state index in [-0.39, 0.29) is 38.1 Å². The van der Waals surface area contributed by atoms with Crippen LogP contribution in [0.25, 0.3) is 0 Å². The maximum Gasteiger partial charge on any atom is 0.308 e. The Hall–Kier alpha value is -2.82. The molecule has 1 amide bonds. The molecule has 2 aliphatic heterocycles. The van der Waals surface area contributed by atoms with Crippen LogP contribution in [-0.2, 0) is 44.6 Å². The van der Waals surface area contributed by atoms with Crippen LogP contribution in [0.5, 0.6) is 0 Å². The number of hydrogen-bond donors (Lipinski definition) is 1. The van der Waals surface area contributed by atoms with Gasteiger partial charge in [0.15, 0.2) is 12.6 Å². The van der Waals surface area contributed by atoms with Crippen LogP contribution in [0.4, 0.5) is 0 Å². The number of ether oxygens (including phenoxy) is 6. The number of amides is 1. The molecule has 206 valence electrons. The third-order valence-electron chi connectivity index (χ3n) is 6.07. The van der Waals surface area contributed by atoms with Crippen LogP contribution in [0.15, 0.2) is 60.7 Å². The first-order chi connectivity index (χ1) is 18.2. The van der Waals surface area contributed by atoms with Crippen LogP contribution in [-0.4, -0.2) is 61.3 Å². The lowest BCUT2D eigenvalue weighted by Crippen LogP contribution is -2.67. The molecule has 0 aliphatic carbocycles. The number of hydrogen-bond acceptors (Lipinski definition) is 8. The van der Waals surface area contributed by atoms with Crippen molar-refractivity contribution in [3.63, 3.8) is 0 Å². The van der Waals surface area contributed by atoms with E-state index in [9.17, 15) is 9.59 Å². The van der Waals surface area contributed by atoms with Gasteiger partial charge in [-0.2, -0.15) is 0 Å². The van der Waals surface area contributed by atoms with E-state index in [1.807, 2.05) is 81.4 Å². The third-order valence-corrected chi connectivity index (χ3v) is 6.07. The van der Waals surface area contributed by atoms with Crippen LogP contribution >= 0.6 is 0 Å². The fourth-order valence-corrected chi connectivity index (χ4v) is 4.50. The SMILES string of the molecule is CC(=O)N[C@@H]1[C@H](OCc2ccccc2)O[C@H]2CO[C@H](c3ccccc3)O[C@H]2[C@@H]1OCCC(=O)OC(C)(C)C. The van der Waals surface area contributed by atoms with Crippen LogP contribution in [0.2, 0.25) is 0 Å². The summed E-state index contributed by atoms with van der Waals surface area (Å²) in [6.45, 7) is 7.47. The molecule has 9 heteroatoms. The molecule has 2 fully saturated rings. The number of carbonyl (C=O) groups is 2. The second kappa shape index (κ2) is 12.8. The minimum absolute atomic E-state index is 0.0486. The fourth-order valence-electron chi connectivity index (χ4n) is 4.50. The summed E-state index contributed by atoms with van der Waals surface area (Å²) in [6.07, 6.45) is -3.16. The highest BCUT2D eigenvalue weighted by Crippen LogP contribution is 2.36. The van der Waals surface area contributed by atoms with Gasteiger partial charge >= 0.3 is 5.97 Å². The monoisotopic (exact) mass is 527 g/mol. The molecule has 2 heterocycles. The van der Waals surface area contributed by atoms with Gasteiger partial charge in [-0.1, -0.05) is 60.7 Å². The largest absolute Gasteiger partial charge is 0.460 e. The van der Waals surface area contributed by atoms with Crippen molar-refractivity contribution in [2.24, 2.45) is 0 Å². The number of benzene rings is 2. The first-order valence-electron chi connectivity index (χ1n) is 12.9. The molecule has 2 aromatic rings. The first kappa shape index (κ1) is 28.2. The summed E-state index contributed by atoms with van der Waals surface area (Å²) in [5.74, 6) is -0.637. The third kappa shape index (κ3) is 7.85. The van der Waals surface area contributed by atoms with Crippen molar-refractivity contribution in [2.45, 2.75) is 83.3 Å². The molecule has 4 rings (SSSR count). The maximum absolute atomic E-state index is 12.3. The number of rotatable bonds is 9. The summed E-state index contributed by atoms with van der Waals surface area (Å²) >= 11 is 0. The average Bonchev–Trinajstić information content (AvgIpc) is 2.88. The van der Waals surface area contributed by atoms with Gasteiger partial charge in [-0.3, -0.25) is 9.59 Å². The highest BCUT2D eigenvalue weighted by Gasteiger charge is 2.51. The molecule has 2 aromatic carbocycles. The molecular weight excluding hydrogens is 490 g/mol. The van der Waals surface area contributed by atoms with E-state index in [0.717, 1.165) is 11.1 Å². The van der Waals surface area contributed by atoms with Gasteiger partial charge in [0, 0.05) is 12.5 Å². The quantitative estimate of drug-likeness (QED) is 0.493. The van der Waals surface area contributed by atoms with E-state index in [1.54, 1.807) is 0 Å². The zero-order valence-corrected chi connectivity index (χ0v) is 22.3. The van der Waals surface area contributed by atoms with E-state index in [2.05, 4.69) is 5.32 Å².